The van der Waals surface area contributed by atoms with Crippen molar-refractivity contribution in [3.8, 4) is 6.07 Å². The second kappa shape index (κ2) is 9.93. The van der Waals surface area contributed by atoms with Crippen LogP contribution >= 0.6 is 0 Å². The van der Waals surface area contributed by atoms with Crippen LogP contribution in [0.4, 0.5) is 10.5 Å². The molecule has 1 fully saturated rings. The molecule has 2 aromatic rings. The second-order valence-corrected chi connectivity index (χ2v) is 7.54. The van der Waals surface area contributed by atoms with Crippen LogP contribution in [0.2, 0.25) is 0 Å². The van der Waals surface area contributed by atoms with E-state index in [9.17, 15) is 14.9 Å². The van der Waals surface area contributed by atoms with Crippen LogP contribution in [0, 0.1) is 11.3 Å². The van der Waals surface area contributed by atoms with Crippen molar-refractivity contribution in [3.63, 3.8) is 0 Å². The normalized spacial score (nSPS) is 15.1. The quantitative estimate of drug-likeness (QED) is 0.556. The summed E-state index contributed by atoms with van der Waals surface area (Å²) in [5.74, 6) is -0.355. The molecule has 6 nitrogen and oxygen atoms in total. The van der Waals surface area contributed by atoms with Gasteiger partial charge in [-0.1, -0.05) is 43.7 Å². The molecule has 0 spiro atoms. The summed E-state index contributed by atoms with van der Waals surface area (Å²) in [5.41, 5.74) is 1.54. The molecule has 0 unspecified atom stereocenters. The van der Waals surface area contributed by atoms with E-state index < -0.39 is 5.41 Å². The molecule has 0 bridgehead atoms. The predicted molar refractivity (Wildman–Crippen MR) is 115 cm³/mol. The Bertz CT molecular complexity index is 896. The molecule has 0 aromatic heterocycles. The number of carbonyl (C=O) groups excluding carboxylic acids is 2. The molecule has 1 heterocycles. The molecule has 2 amide bonds. The first kappa shape index (κ1) is 21.4. The molecule has 0 aliphatic carbocycles. The maximum Gasteiger partial charge on any atom is 0.338 e. The average molecular weight is 405 g/mol. The van der Waals surface area contributed by atoms with Gasteiger partial charge in [0.25, 0.3) is 0 Å². The topological polar surface area (TPSA) is 82.4 Å². The van der Waals surface area contributed by atoms with Crippen molar-refractivity contribution in [2.24, 2.45) is 0 Å². The Morgan fingerprint density at radius 1 is 1.10 bits per heavy atom. The van der Waals surface area contributed by atoms with Crippen molar-refractivity contribution in [2.75, 3.05) is 25.0 Å². The Balaban J connectivity index is 1.55. The number of benzene rings is 2. The van der Waals surface area contributed by atoms with Gasteiger partial charge in [0.1, 0.15) is 0 Å². The van der Waals surface area contributed by atoms with E-state index in [-0.39, 0.29) is 12.0 Å². The second-order valence-electron chi connectivity index (χ2n) is 7.54. The van der Waals surface area contributed by atoms with E-state index in [4.69, 9.17) is 4.74 Å². The highest BCUT2D eigenvalue weighted by Gasteiger charge is 2.37. The number of unbranched alkanes of at least 4 members (excludes halogenated alkanes) is 1. The van der Waals surface area contributed by atoms with Crippen LogP contribution in [0.1, 0.15) is 48.5 Å². The summed E-state index contributed by atoms with van der Waals surface area (Å²) in [6.07, 6.45) is 3.01. The number of ether oxygens (including phenoxy) is 1. The summed E-state index contributed by atoms with van der Waals surface area (Å²) in [6, 6.07) is 18.7. The highest BCUT2D eigenvalue weighted by molar-refractivity contribution is 5.92. The summed E-state index contributed by atoms with van der Waals surface area (Å²) >= 11 is 0. The lowest BCUT2D eigenvalue weighted by Crippen LogP contribution is -2.46. The summed E-state index contributed by atoms with van der Waals surface area (Å²) in [6.45, 7) is 3.47. The minimum absolute atomic E-state index is 0.201. The molecule has 1 saturated heterocycles. The first-order valence-corrected chi connectivity index (χ1v) is 10.4. The number of carbonyl (C=O) groups is 2. The van der Waals surface area contributed by atoms with Crippen molar-refractivity contribution >= 4 is 17.7 Å². The number of nitrogens with one attached hydrogen (secondary N) is 1. The number of amides is 2. The van der Waals surface area contributed by atoms with Crippen LogP contribution in [0.15, 0.2) is 54.6 Å². The highest BCUT2D eigenvalue weighted by atomic mass is 16.5. The molecule has 1 aliphatic rings. The van der Waals surface area contributed by atoms with Crippen LogP contribution in [0.3, 0.4) is 0 Å². The Labute approximate surface area is 177 Å². The maximum absolute atomic E-state index is 12.6. The Hall–Kier alpha value is -3.33. The van der Waals surface area contributed by atoms with E-state index in [1.807, 2.05) is 37.3 Å². The molecular formula is C24H27N3O3. The number of nitrogens with zero attached hydrogens (tertiary/aromatic N) is 2. The highest BCUT2D eigenvalue weighted by Crippen LogP contribution is 2.35. The van der Waals surface area contributed by atoms with Gasteiger partial charge in [-0.05, 0) is 49.1 Å². The SMILES string of the molecule is CCCCOC(=O)c1ccc(NC(=O)N2CCC(C#N)(c3ccccc3)CC2)cc1. The van der Waals surface area contributed by atoms with Crippen LogP contribution in [-0.4, -0.2) is 36.6 Å². The largest absolute Gasteiger partial charge is 0.462 e. The summed E-state index contributed by atoms with van der Waals surface area (Å²) < 4.78 is 5.19. The van der Waals surface area contributed by atoms with Gasteiger partial charge in [-0.15, -0.1) is 0 Å². The number of hydrogen-bond donors (Lipinski definition) is 1. The zero-order valence-corrected chi connectivity index (χ0v) is 17.3. The third-order valence-electron chi connectivity index (χ3n) is 5.55. The molecule has 1 N–H and O–H groups in total. The van der Waals surface area contributed by atoms with Gasteiger partial charge in [-0.2, -0.15) is 5.26 Å². The first-order chi connectivity index (χ1) is 14.6. The smallest absolute Gasteiger partial charge is 0.338 e. The molecule has 30 heavy (non-hydrogen) atoms. The third kappa shape index (κ3) is 4.98. The lowest BCUT2D eigenvalue weighted by molar-refractivity contribution is 0.0500. The minimum Gasteiger partial charge on any atom is -0.462 e. The van der Waals surface area contributed by atoms with Crippen molar-refractivity contribution in [1.82, 2.24) is 4.90 Å². The standard InChI is InChI=1S/C24H27N3O3/c1-2-3-17-30-22(28)19-9-11-21(12-10-19)26-23(29)27-15-13-24(18-25,14-16-27)20-7-5-4-6-8-20/h4-12H,2-3,13-17H2,1H3,(H,26,29). The van der Waals surface area contributed by atoms with E-state index in [1.54, 1.807) is 29.2 Å². The molecule has 1 aliphatic heterocycles. The van der Waals surface area contributed by atoms with Crippen molar-refractivity contribution < 1.29 is 14.3 Å². The van der Waals surface area contributed by atoms with Gasteiger partial charge < -0.3 is 15.0 Å². The van der Waals surface area contributed by atoms with Crippen molar-refractivity contribution in [1.29, 1.82) is 5.26 Å². The lowest BCUT2D eigenvalue weighted by atomic mass is 9.74. The van der Waals surface area contributed by atoms with Crippen LogP contribution in [0.25, 0.3) is 0 Å². The van der Waals surface area contributed by atoms with Gasteiger partial charge in [-0.3, -0.25) is 0 Å². The molecule has 3 rings (SSSR count). The summed E-state index contributed by atoms with van der Waals surface area (Å²) in [7, 11) is 0. The van der Waals surface area contributed by atoms with E-state index in [2.05, 4.69) is 11.4 Å². The molecule has 156 valence electrons. The van der Waals surface area contributed by atoms with E-state index in [1.165, 1.54) is 0 Å². The maximum atomic E-state index is 12.6. The number of anilines is 1. The fourth-order valence-electron chi connectivity index (χ4n) is 3.60. The van der Waals surface area contributed by atoms with E-state index in [0.717, 1.165) is 18.4 Å². The Kier molecular flexibility index (Phi) is 7.08. The Morgan fingerprint density at radius 2 is 1.77 bits per heavy atom. The van der Waals surface area contributed by atoms with Gasteiger partial charge in [0.05, 0.1) is 23.7 Å². The summed E-state index contributed by atoms with van der Waals surface area (Å²) in [4.78, 5) is 26.3. The van der Waals surface area contributed by atoms with Gasteiger partial charge in [0.15, 0.2) is 0 Å². The number of esters is 1. The molecule has 0 atom stereocenters. The van der Waals surface area contributed by atoms with E-state index in [0.29, 0.717) is 43.8 Å². The Morgan fingerprint density at radius 3 is 2.37 bits per heavy atom. The minimum atomic E-state index is -0.544. The molecule has 0 saturated carbocycles. The molecule has 0 radical (unpaired) electrons. The third-order valence-corrected chi connectivity index (χ3v) is 5.55. The number of hydrogen-bond acceptors (Lipinski definition) is 4. The van der Waals surface area contributed by atoms with Crippen LogP contribution < -0.4 is 5.32 Å². The van der Waals surface area contributed by atoms with Gasteiger partial charge in [-0.25, -0.2) is 9.59 Å². The molecular weight excluding hydrogens is 378 g/mol. The fraction of sp³-hybridized carbons (Fsp3) is 0.375. The summed E-state index contributed by atoms with van der Waals surface area (Å²) in [5, 5.41) is 12.7. The number of likely N-dealkylation sites (tertiary alicyclic amines) is 1. The average Bonchev–Trinajstić information content (AvgIpc) is 2.80. The van der Waals surface area contributed by atoms with Crippen LogP contribution in [0.5, 0.6) is 0 Å². The lowest BCUT2D eigenvalue weighted by Gasteiger charge is -2.37. The number of piperidine rings is 1. The first-order valence-electron chi connectivity index (χ1n) is 10.4. The molecule has 6 heteroatoms. The zero-order chi connectivity index (χ0) is 21.4. The van der Waals surface area contributed by atoms with E-state index >= 15 is 0 Å². The van der Waals surface area contributed by atoms with Crippen molar-refractivity contribution in [2.45, 2.75) is 38.0 Å². The number of rotatable bonds is 6. The number of nitriles is 1. The zero-order valence-electron chi connectivity index (χ0n) is 17.3. The monoisotopic (exact) mass is 405 g/mol. The molecule has 2 aromatic carbocycles. The van der Waals surface area contributed by atoms with Gasteiger partial charge in [0, 0.05) is 18.8 Å². The number of urea groups is 1. The van der Waals surface area contributed by atoms with Crippen LogP contribution in [-0.2, 0) is 10.2 Å². The van der Waals surface area contributed by atoms with Crippen molar-refractivity contribution in [3.05, 3.63) is 65.7 Å². The predicted octanol–water partition coefficient (Wildman–Crippen LogP) is 4.73. The fourth-order valence-corrected chi connectivity index (χ4v) is 3.60. The van der Waals surface area contributed by atoms with Gasteiger partial charge in [0.2, 0.25) is 0 Å². The van der Waals surface area contributed by atoms with Gasteiger partial charge >= 0.3 is 12.0 Å².